The fourth-order valence-electron chi connectivity index (χ4n) is 1.37. The van der Waals surface area contributed by atoms with Crippen molar-refractivity contribution in [3.05, 3.63) is 29.8 Å². The van der Waals surface area contributed by atoms with Gasteiger partial charge in [0.1, 0.15) is 11.6 Å². The zero-order chi connectivity index (χ0) is 13.9. The summed E-state index contributed by atoms with van der Waals surface area (Å²) in [5.41, 5.74) is 0. The van der Waals surface area contributed by atoms with Crippen molar-refractivity contribution in [2.24, 2.45) is 0 Å². The monoisotopic (exact) mass is 279 g/mol. The van der Waals surface area contributed by atoms with Crippen LogP contribution < -0.4 is 0 Å². The average molecular weight is 279 g/mol. The van der Waals surface area contributed by atoms with Crippen molar-refractivity contribution in [3.63, 3.8) is 0 Å². The second-order valence-electron chi connectivity index (χ2n) is 4.02. The van der Waals surface area contributed by atoms with Crippen LogP contribution in [0.5, 0.6) is 0 Å². The lowest BCUT2D eigenvalue weighted by Crippen LogP contribution is -2.30. The smallest absolute Gasteiger partial charge is 0.248 e. The number of nitrogens with zero attached hydrogens (tertiary/aromatic N) is 1. The molecule has 0 aromatic heterocycles. The number of rotatable bonds is 5. The van der Waals surface area contributed by atoms with E-state index in [-0.39, 0.29) is 13.0 Å². The van der Waals surface area contributed by atoms with Gasteiger partial charge in [-0.15, -0.1) is 0 Å². The third-order valence-corrected chi connectivity index (χ3v) is 4.36. The molecule has 1 rings (SSSR count). The summed E-state index contributed by atoms with van der Waals surface area (Å²) in [6, 6.07) is 2.87. The first-order valence-electron chi connectivity index (χ1n) is 5.35. The van der Waals surface area contributed by atoms with E-state index in [4.69, 9.17) is 5.11 Å². The van der Waals surface area contributed by atoms with E-state index in [2.05, 4.69) is 0 Å². The van der Waals surface area contributed by atoms with Crippen LogP contribution in [0.2, 0.25) is 0 Å². The Morgan fingerprint density at radius 1 is 1.33 bits per heavy atom. The van der Waals surface area contributed by atoms with Gasteiger partial charge in [-0.25, -0.2) is 21.5 Å². The molecule has 1 aromatic carbocycles. The van der Waals surface area contributed by atoms with Crippen molar-refractivity contribution in [2.75, 3.05) is 13.6 Å². The molecule has 0 amide bonds. The van der Waals surface area contributed by atoms with Gasteiger partial charge in [0.15, 0.2) is 4.90 Å². The first kappa shape index (κ1) is 15.0. The second kappa shape index (κ2) is 5.73. The summed E-state index contributed by atoms with van der Waals surface area (Å²) < 4.78 is 51.5. The Morgan fingerprint density at radius 2 is 1.83 bits per heavy atom. The summed E-state index contributed by atoms with van der Waals surface area (Å²) in [4.78, 5) is -0.960. The standard InChI is InChI=1S/C11H15F2NO3S/c1-8(15)6-7-14(2)18(16,17)11-9(12)4-3-5-10(11)13/h3-5,8,15H,6-7H2,1-2H3. The molecule has 0 saturated carbocycles. The molecule has 102 valence electrons. The van der Waals surface area contributed by atoms with Crippen LogP contribution >= 0.6 is 0 Å². The summed E-state index contributed by atoms with van der Waals surface area (Å²) in [7, 11) is -3.01. The molecule has 0 bridgehead atoms. The van der Waals surface area contributed by atoms with Gasteiger partial charge in [-0.3, -0.25) is 0 Å². The lowest BCUT2D eigenvalue weighted by atomic mass is 10.3. The van der Waals surface area contributed by atoms with E-state index in [9.17, 15) is 17.2 Å². The van der Waals surface area contributed by atoms with E-state index in [1.165, 1.54) is 14.0 Å². The third kappa shape index (κ3) is 3.24. The maximum absolute atomic E-state index is 13.4. The fraction of sp³-hybridized carbons (Fsp3) is 0.455. The van der Waals surface area contributed by atoms with Crippen LogP contribution in [0.3, 0.4) is 0 Å². The maximum atomic E-state index is 13.4. The molecule has 18 heavy (non-hydrogen) atoms. The number of benzene rings is 1. The molecule has 1 aromatic rings. The molecular weight excluding hydrogens is 264 g/mol. The molecule has 0 fully saturated rings. The van der Waals surface area contributed by atoms with E-state index in [1.807, 2.05) is 0 Å². The number of hydrogen-bond donors (Lipinski definition) is 1. The van der Waals surface area contributed by atoms with E-state index < -0.39 is 32.7 Å². The lowest BCUT2D eigenvalue weighted by molar-refractivity contribution is 0.177. The van der Waals surface area contributed by atoms with Gasteiger partial charge in [-0.2, -0.15) is 0 Å². The third-order valence-electron chi connectivity index (χ3n) is 2.45. The Labute approximate surface area is 105 Å². The van der Waals surface area contributed by atoms with Crippen molar-refractivity contribution in [3.8, 4) is 0 Å². The molecule has 0 heterocycles. The van der Waals surface area contributed by atoms with Crippen molar-refractivity contribution in [1.29, 1.82) is 0 Å². The highest BCUT2D eigenvalue weighted by Gasteiger charge is 2.28. The van der Waals surface area contributed by atoms with Crippen LogP contribution in [-0.4, -0.2) is 37.5 Å². The van der Waals surface area contributed by atoms with E-state index in [1.54, 1.807) is 0 Å². The molecule has 7 heteroatoms. The SMILES string of the molecule is CC(O)CCN(C)S(=O)(=O)c1c(F)cccc1F. The van der Waals surface area contributed by atoms with E-state index in [0.717, 1.165) is 22.5 Å². The Kier molecular flexibility index (Phi) is 4.78. The quantitative estimate of drug-likeness (QED) is 0.885. The zero-order valence-corrected chi connectivity index (χ0v) is 10.9. The minimum Gasteiger partial charge on any atom is -0.393 e. The van der Waals surface area contributed by atoms with Crippen LogP contribution in [0.4, 0.5) is 8.78 Å². The van der Waals surface area contributed by atoms with Gasteiger partial charge in [-0.1, -0.05) is 6.07 Å². The van der Waals surface area contributed by atoms with Crippen LogP contribution in [0.15, 0.2) is 23.1 Å². The van der Waals surface area contributed by atoms with Gasteiger partial charge < -0.3 is 5.11 Å². The summed E-state index contributed by atoms with van der Waals surface area (Å²) in [6.45, 7) is 1.48. The number of sulfonamides is 1. The van der Waals surface area contributed by atoms with Crippen LogP contribution in [0.1, 0.15) is 13.3 Å². The van der Waals surface area contributed by atoms with Crippen LogP contribution in [0, 0.1) is 11.6 Å². The zero-order valence-electron chi connectivity index (χ0n) is 10.1. The van der Waals surface area contributed by atoms with Gasteiger partial charge in [0.05, 0.1) is 6.10 Å². The normalized spacial score (nSPS) is 13.9. The topological polar surface area (TPSA) is 57.6 Å². The average Bonchev–Trinajstić information content (AvgIpc) is 2.25. The molecule has 4 nitrogen and oxygen atoms in total. The summed E-state index contributed by atoms with van der Waals surface area (Å²) in [6.07, 6.45) is -0.501. The Hall–Kier alpha value is -1.05. The minimum absolute atomic E-state index is 0.0201. The molecule has 1 unspecified atom stereocenters. The molecular formula is C11H15F2NO3S. The molecule has 0 spiro atoms. The molecule has 0 aliphatic rings. The van der Waals surface area contributed by atoms with Crippen molar-refractivity contribution >= 4 is 10.0 Å². The fourth-order valence-corrected chi connectivity index (χ4v) is 2.66. The molecule has 0 aliphatic carbocycles. The summed E-state index contributed by atoms with van der Waals surface area (Å²) >= 11 is 0. The van der Waals surface area contributed by atoms with Gasteiger partial charge in [0.2, 0.25) is 10.0 Å². The molecule has 1 N–H and O–H groups in total. The van der Waals surface area contributed by atoms with E-state index >= 15 is 0 Å². The Bertz CT molecular complexity index is 497. The number of aliphatic hydroxyl groups is 1. The number of aliphatic hydroxyl groups excluding tert-OH is 1. The minimum atomic E-state index is -4.22. The van der Waals surface area contributed by atoms with Crippen LogP contribution in [-0.2, 0) is 10.0 Å². The van der Waals surface area contributed by atoms with Gasteiger partial charge in [0.25, 0.3) is 0 Å². The van der Waals surface area contributed by atoms with Crippen LogP contribution in [0.25, 0.3) is 0 Å². The van der Waals surface area contributed by atoms with Crippen molar-refractivity contribution in [1.82, 2.24) is 4.31 Å². The Balaban J connectivity index is 3.06. The molecule has 0 radical (unpaired) electrons. The molecule has 0 saturated heterocycles. The summed E-state index contributed by atoms with van der Waals surface area (Å²) in [5, 5.41) is 9.08. The molecule has 1 atom stereocenters. The van der Waals surface area contributed by atoms with Crippen molar-refractivity contribution < 1.29 is 22.3 Å². The largest absolute Gasteiger partial charge is 0.393 e. The maximum Gasteiger partial charge on any atom is 0.248 e. The number of hydrogen-bond acceptors (Lipinski definition) is 3. The van der Waals surface area contributed by atoms with Gasteiger partial charge in [0, 0.05) is 13.6 Å². The highest BCUT2D eigenvalue weighted by Crippen LogP contribution is 2.21. The van der Waals surface area contributed by atoms with E-state index in [0.29, 0.717) is 0 Å². The Morgan fingerprint density at radius 3 is 2.28 bits per heavy atom. The molecule has 0 aliphatic heterocycles. The predicted molar refractivity (Wildman–Crippen MR) is 62.5 cm³/mol. The van der Waals surface area contributed by atoms with Gasteiger partial charge in [-0.05, 0) is 25.5 Å². The van der Waals surface area contributed by atoms with Gasteiger partial charge >= 0.3 is 0 Å². The first-order valence-corrected chi connectivity index (χ1v) is 6.79. The summed E-state index contributed by atoms with van der Waals surface area (Å²) in [5.74, 6) is -2.25. The lowest BCUT2D eigenvalue weighted by Gasteiger charge is -2.18. The first-order chi connectivity index (χ1) is 8.26. The number of halogens is 2. The second-order valence-corrected chi connectivity index (χ2v) is 6.00. The highest BCUT2D eigenvalue weighted by molar-refractivity contribution is 7.89. The van der Waals surface area contributed by atoms with Crippen molar-refractivity contribution in [2.45, 2.75) is 24.3 Å². The highest BCUT2D eigenvalue weighted by atomic mass is 32.2. The predicted octanol–water partition coefficient (Wildman–Crippen LogP) is 1.36.